The number of hydrogen-bond donors (Lipinski definition) is 2. The van der Waals surface area contributed by atoms with Crippen molar-refractivity contribution in [1.29, 1.82) is 0 Å². The summed E-state index contributed by atoms with van der Waals surface area (Å²) in [5, 5.41) is 0. The Labute approximate surface area is 215 Å². The van der Waals surface area contributed by atoms with Gasteiger partial charge in [0.1, 0.15) is 5.56 Å². The van der Waals surface area contributed by atoms with Crippen LogP contribution in [0.3, 0.4) is 0 Å². The molecule has 0 spiro atoms. The minimum Gasteiger partial charge on any atom is -0.491 e. The highest BCUT2D eigenvalue weighted by Gasteiger charge is 2.27. The van der Waals surface area contributed by atoms with Crippen molar-refractivity contribution in [2.75, 3.05) is 13.2 Å². The van der Waals surface area contributed by atoms with E-state index in [0.717, 1.165) is 42.1 Å². The molecule has 6 heteroatoms. The van der Waals surface area contributed by atoms with Crippen LogP contribution in [0, 0.1) is 6.92 Å². The maximum absolute atomic E-state index is 12.9. The summed E-state index contributed by atoms with van der Waals surface area (Å²) in [4.78, 5) is 24.4. The molecule has 6 nitrogen and oxygen atoms in total. The second kappa shape index (κ2) is 14.3. The highest BCUT2D eigenvalue weighted by atomic mass is 16.5. The van der Waals surface area contributed by atoms with E-state index in [4.69, 9.17) is 14.5 Å². The molecular weight excluding hydrogens is 450 g/mol. The van der Waals surface area contributed by atoms with E-state index in [1.807, 2.05) is 44.2 Å². The molecule has 0 amide bonds. The number of aliphatic imine (C=N–C) groups is 1. The zero-order valence-corrected chi connectivity index (χ0v) is 22.1. The van der Waals surface area contributed by atoms with Crippen LogP contribution in [0.4, 0.5) is 0 Å². The number of unbranched alkanes of at least 4 members (excludes halogenated alkanes) is 7. The molecule has 0 aliphatic carbocycles. The molecule has 36 heavy (non-hydrogen) atoms. The third-order valence-corrected chi connectivity index (χ3v) is 6.20. The molecule has 194 valence electrons. The molecule has 0 fully saturated rings. The van der Waals surface area contributed by atoms with Gasteiger partial charge < -0.3 is 19.4 Å². The van der Waals surface area contributed by atoms with E-state index in [1.165, 1.54) is 38.5 Å². The molecule has 1 aliphatic rings. The molecule has 3 heterocycles. The van der Waals surface area contributed by atoms with Crippen LogP contribution >= 0.6 is 0 Å². The lowest BCUT2D eigenvalue weighted by Crippen LogP contribution is -2.08. The van der Waals surface area contributed by atoms with Gasteiger partial charge in [-0.25, -0.2) is 4.79 Å². The van der Waals surface area contributed by atoms with E-state index in [1.54, 1.807) is 6.92 Å². The van der Waals surface area contributed by atoms with E-state index in [0.29, 0.717) is 35.9 Å². The number of carbonyl (C=O) groups is 1. The van der Waals surface area contributed by atoms with Gasteiger partial charge in [-0.1, -0.05) is 38.2 Å². The molecule has 1 aliphatic heterocycles. The van der Waals surface area contributed by atoms with E-state index in [-0.39, 0.29) is 0 Å². The molecule has 0 unspecified atom stereocenters. The van der Waals surface area contributed by atoms with Crippen molar-refractivity contribution < 1.29 is 14.3 Å². The first-order chi connectivity index (χ1) is 17.6. The van der Waals surface area contributed by atoms with Crippen LogP contribution in [0.1, 0.15) is 93.4 Å². The van der Waals surface area contributed by atoms with Gasteiger partial charge in [0.25, 0.3) is 0 Å². The number of allylic oxidation sites excluding steroid dienone is 3. The van der Waals surface area contributed by atoms with Crippen LogP contribution < -0.4 is 4.74 Å². The van der Waals surface area contributed by atoms with Crippen LogP contribution in [-0.4, -0.2) is 34.9 Å². The lowest BCUT2D eigenvalue weighted by molar-refractivity contribution is 0.0523. The van der Waals surface area contributed by atoms with Crippen LogP contribution in [0.2, 0.25) is 0 Å². The number of rotatable bonds is 16. The highest BCUT2D eigenvalue weighted by molar-refractivity contribution is 6.02. The average Bonchev–Trinajstić information content (AvgIpc) is 3.58. The van der Waals surface area contributed by atoms with Crippen molar-refractivity contribution in [3.8, 4) is 17.1 Å². The van der Waals surface area contributed by atoms with Crippen molar-refractivity contribution in [2.45, 2.75) is 78.6 Å². The minimum atomic E-state index is -0.407. The van der Waals surface area contributed by atoms with Crippen LogP contribution in [0.15, 0.2) is 47.6 Å². The third-order valence-electron chi connectivity index (χ3n) is 6.20. The molecule has 0 atom stereocenters. The molecule has 2 aromatic heterocycles. The van der Waals surface area contributed by atoms with Crippen molar-refractivity contribution >= 4 is 17.8 Å². The van der Waals surface area contributed by atoms with Crippen molar-refractivity contribution in [1.82, 2.24) is 9.97 Å². The predicted octanol–water partition coefficient (Wildman–Crippen LogP) is 7.94. The Morgan fingerprint density at radius 1 is 1.00 bits per heavy atom. The summed E-state index contributed by atoms with van der Waals surface area (Å²) in [5.41, 5.74) is 5.54. The zero-order chi connectivity index (χ0) is 25.8. The van der Waals surface area contributed by atoms with E-state index < -0.39 is 5.97 Å². The van der Waals surface area contributed by atoms with Crippen molar-refractivity contribution in [3.63, 3.8) is 0 Å². The number of esters is 1. The lowest BCUT2D eigenvalue weighted by atomic mass is 10.1. The maximum Gasteiger partial charge on any atom is 0.344 e. The van der Waals surface area contributed by atoms with Crippen LogP contribution in [0.25, 0.3) is 17.5 Å². The standard InChI is InChI=1S/C30H41N3O3/c1-5-8-9-10-11-12-13-14-15-16-23-18-19-24(32-23)21-26-29(35-6-2)27(30(34)36-7-3)28(33-26)25-20-17-22(4)31-25/h5,17-21,31,33H,1,6-16H2,2-4H3/b24-21+. The van der Waals surface area contributed by atoms with E-state index in [2.05, 4.69) is 22.6 Å². The highest BCUT2D eigenvalue weighted by Crippen LogP contribution is 2.36. The predicted molar refractivity (Wildman–Crippen MR) is 149 cm³/mol. The molecule has 2 N–H and O–H groups in total. The van der Waals surface area contributed by atoms with Crippen LogP contribution in [0.5, 0.6) is 5.75 Å². The molecule has 2 aromatic rings. The number of carbonyl (C=O) groups excluding carboxylic acids is 1. The summed E-state index contributed by atoms with van der Waals surface area (Å²) < 4.78 is 11.3. The fraction of sp³-hybridized carbons (Fsp3) is 0.467. The number of aryl methyl sites for hydroxylation is 1. The minimum absolute atomic E-state index is 0.293. The fourth-order valence-corrected chi connectivity index (χ4v) is 4.42. The second-order valence-corrected chi connectivity index (χ2v) is 9.13. The van der Waals surface area contributed by atoms with Crippen LogP contribution in [-0.2, 0) is 4.74 Å². The van der Waals surface area contributed by atoms with Gasteiger partial charge in [0.05, 0.1) is 36.0 Å². The molecule has 0 aromatic carbocycles. The largest absolute Gasteiger partial charge is 0.491 e. The fourth-order valence-electron chi connectivity index (χ4n) is 4.42. The Balaban J connectivity index is 1.69. The van der Waals surface area contributed by atoms with Crippen molar-refractivity contribution in [2.24, 2.45) is 4.99 Å². The lowest BCUT2D eigenvalue weighted by Gasteiger charge is -2.07. The topological polar surface area (TPSA) is 79.5 Å². The Hall–Kier alpha value is -3.28. The number of aromatic amines is 2. The Morgan fingerprint density at radius 2 is 1.75 bits per heavy atom. The van der Waals surface area contributed by atoms with Gasteiger partial charge in [-0.2, -0.15) is 0 Å². The molecular formula is C30H41N3O3. The van der Waals surface area contributed by atoms with Gasteiger partial charge >= 0.3 is 5.97 Å². The van der Waals surface area contributed by atoms with Gasteiger partial charge in [0, 0.05) is 11.4 Å². The van der Waals surface area contributed by atoms with Gasteiger partial charge in [-0.05, 0) is 76.8 Å². The van der Waals surface area contributed by atoms with Crippen molar-refractivity contribution in [3.05, 3.63) is 59.6 Å². The van der Waals surface area contributed by atoms with E-state index in [9.17, 15) is 4.79 Å². The van der Waals surface area contributed by atoms with Gasteiger partial charge in [-0.15, -0.1) is 6.58 Å². The number of nitrogens with zero attached hydrogens (tertiary/aromatic N) is 1. The summed E-state index contributed by atoms with van der Waals surface area (Å²) in [6, 6.07) is 3.92. The van der Waals surface area contributed by atoms with Gasteiger partial charge in [0.15, 0.2) is 5.75 Å². The smallest absolute Gasteiger partial charge is 0.344 e. The molecule has 3 rings (SSSR count). The molecule has 0 saturated heterocycles. The SMILES string of the molecule is C=CCCCCCCCCCC1=N/C(=C/c2[nH]c(-c3ccc(C)[nH]3)c(C(=O)OCC)c2OCC)C=C1. The molecule has 0 saturated carbocycles. The first-order valence-corrected chi connectivity index (χ1v) is 13.4. The summed E-state index contributed by atoms with van der Waals surface area (Å²) in [6.45, 7) is 10.2. The summed E-state index contributed by atoms with van der Waals surface area (Å²) >= 11 is 0. The second-order valence-electron chi connectivity index (χ2n) is 9.13. The summed E-state index contributed by atoms with van der Waals surface area (Å²) in [5.74, 6) is 0.0896. The number of hydrogen-bond acceptors (Lipinski definition) is 4. The summed E-state index contributed by atoms with van der Waals surface area (Å²) in [7, 11) is 0. The summed E-state index contributed by atoms with van der Waals surface area (Å²) in [6.07, 6.45) is 19.0. The number of nitrogens with one attached hydrogen (secondary N) is 2. The molecule has 0 radical (unpaired) electrons. The third kappa shape index (κ3) is 7.61. The number of aromatic nitrogens is 2. The normalized spacial score (nSPS) is 13.9. The Morgan fingerprint density at radius 3 is 2.42 bits per heavy atom. The van der Waals surface area contributed by atoms with Gasteiger partial charge in [0.2, 0.25) is 0 Å². The number of ether oxygens (including phenoxy) is 2. The Kier molecular flexibility index (Phi) is 10.9. The maximum atomic E-state index is 12.9. The number of H-pyrrole nitrogens is 2. The first kappa shape index (κ1) is 27.3. The Bertz CT molecular complexity index is 1100. The van der Waals surface area contributed by atoms with E-state index >= 15 is 0 Å². The first-order valence-electron chi connectivity index (χ1n) is 13.4. The quantitative estimate of drug-likeness (QED) is 0.142. The monoisotopic (exact) mass is 491 g/mol. The van der Waals surface area contributed by atoms with Gasteiger partial charge in [-0.3, -0.25) is 4.99 Å². The average molecular weight is 492 g/mol. The zero-order valence-electron chi connectivity index (χ0n) is 22.1. The molecule has 0 bridgehead atoms.